The van der Waals surface area contributed by atoms with Crippen molar-refractivity contribution in [2.75, 3.05) is 13.7 Å². The Morgan fingerprint density at radius 1 is 1.33 bits per heavy atom. The normalized spacial score (nSPS) is 9.86. The number of nitrogens with zero attached hydrogens (tertiary/aromatic N) is 1. The first kappa shape index (κ1) is 15.3. The average Bonchev–Trinajstić information content (AvgIpc) is 2.95. The van der Waals surface area contributed by atoms with Crippen LogP contribution in [0.3, 0.4) is 0 Å². The number of amides is 1. The highest BCUT2D eigenvalue weighted by Crippen LogP contribution is 2.16. The van der Waals surface area contributed by atoms with Gasteiger partial charge in [-0.15, -0.1) is 11.3 Å². The Kier molecular flexibility index (Phi) is 5.15. The van der Waals surface area contributed by atoms with E-state index in [1.54, 1.807) is 23.4 Å². The zero-order chi connectivity index (χ0) is 15.2. The van der Waals surface area contributed by atoms with Crippen LogP contribution in [0.1, 0.15) is 26.4 Å². The maximum atomic E-state index is 12.3. The molecule has 0 bridgehead atoms. The van der Waals surface area contributed by atoms with Crippen LogP contribution >= 0.6 is 11.3 Å². The summed E-state index contributed by atoms with van der Waals surface area (Å²) < 4.78 is 0. The SMILES string of the molecule is Cc1ccc(CN(C)C(=O)c2csc(C#CCO)c2)cc1. The van der Waals surface area contributed by atoms with Gasteiger partial charge in [0.05, 0.1) is 10.4 Å². The van der Waals surface area contributed by atoms with Gasteiger partial charge in [-0.1, -0.05) is 41.7 Å². The van der Waals surface area contributed by atoms with Crippen LogP contribution in [-0.4, -0.2) is 29.6 Å². The summed E-state index contributed by atoms with van der Waals surface area (Å²) >= 11 is 1.41. The fourth-order valence-electron chi connectivity index (χ4n) is 1.90. The van der Waals surface area contributed by atoms with E-state index in [1.807, 2.05) is 31.2 Å². The summed E-state index contributed by atoms with van der Waals surface area (Å²) in [6.07, 6.45) is 0. The lowest BCUT2D eigenvalue weighted by Gasteiger charge is -2.16. The molecule has 0 aliphatic rings. The third kappa shape index (κ3) is 4.19. The Morgan fingerprint density at radius 2 is 2.05 bits per heavy atom. The fourth-order valence-corrected chi connectivity index (χ4v) is 2.65. The van der Waals surface area contributed by atoms with Crippen LogP contribution in [0.4, 0.5) is 0 Å². The predicted octanol–water partition coefficient (Wildman–Crippen LogP) is 2.67. The van der Waals surface area contributed by atoms with Crippen molar-refractivity contribution >= 4 is 17.2 Å². The first-order valence-corrected chi connectivity index (χ1v) is 7.47. The maximum Gasteiger partial charge on any atom is 0.254 e. The standard InChI is InChI=1S/C17H17NO2S/c1-13-5-7-14(8-6-13)11-18(2)17(20)15-10-16(21-12-15)4-3-9-19/h5-8,10,12,19H,9,11H2,1-2H3. The number of rotatable bonds is 3. The van der Waals surface area contributed by atoms with Crippen LogP contribution in [0.5, 0.6) is 0 Å². The zero-order valence-corrected chi connectivity index (χ0v) is 12.9. The predicted molar refractivity (Wildman–Crippen MR) is 85.3 cm³/mol. The van der Waals surface area contributed by atoms with Crippen molar-refractivity contribution in [1.29, 1.82) is 0 Å². The highest BCUT2D eigenvalue weighted by molar-refractivity contribution is 7.10. The molecule has 4 heteroatoms. The lowest BCUT2D eigenvalue weighted by Crippen LogP contribution is -2.25. The van der Waals surface area contributed by atoms with Gasteiger partial charge in [-0.05, 0) is 18.6 Å². The molecule has 0 unspecified atom stereocenters. The zero-order valence-electron chi connectivity index (χ0n) is 12.1. The van der Waals surface area contributed by atoms with E-state index < -0.39 is 0 Å². The van der Waals surface area contributed by atoms with E-state index in [1.165, 1.54) is 16.9 Å². The number of aliphatic hydroxyl groups excluding tert-OH is 1. The number of carbonyl (C=O) groups excluding carboxylic acids is 1. The third-order valence-electron chi connectivity index (χ3n) is 3.02. The van der Waals surface area contributed by atoms with Gasteiger partial charge in [-0.3, -0.25) is 4.79 Å². The molecule has 1 amide bonds. The van der Waals surface area contributed by atoms with Crippen molar-refractivity contribution in [3.63, 3.8) is 0 Å². The van der Waals surface area contributed by atoms with Gasteiger partial charge in [0, 0.05) is 19.0 Å². The van der Waals surface area contributed by atoms with Gasteiger partial charge < -0.3 is 10.0 Å². The average molecular weight is 299 g/mol. The molecule has 1 heterocycles. The minimum Gasteiger partial charge on any atom is -0.384 e. The van der Waals surface area contributed by atoms with Crippen molar-refractivity contribution in [1.82, 2.24) is 4.90 Å². The largest absolute Gasteiger partial charge is 0.384 e. The molecule has 1 aromatic heterocycles. The van der Waals surface area contributed by atoms with Gasteiger partial charge in [-0.25, -0.2) is 0 Å². The summed E-state index contributed by atoms with van der Waals surface area (Å²) in [6, 6.07) is 9.92. The van der Waals surface area contributed by atoms with Gasteiger partial charge in [0.1, 0.15) is 6.61 Å². The topological polar surface area (TPSA) is 40.5 Å². The molecule has 108 valence electrons. The van der Waals surface area contributed by atoms with Gasteiger partial charge in [0.25, 0.3) is 5.91 Å². The highest BCUT2D eigenvalue weighted by Gasteiger charge is 2.13. The summed E-state index contributed by atoms with van der Waals surface area (Å²) in [5.74, 6) is 5.37. The Balaban J connectivity index is 2.05. The van der Waals surface area contributed by atoms with Crippen molar-refractivity contribution < 1.29 is 9.90 Å². The Morgan fingerprint density at radius 3 is 2.71 bits per heavy atom. The first-order chi connectivity index (χ1) is 10.1. The molecule has 0 spiro atoms. The van der Waals surface area contributed by atoms with Crippen molar-refractivity contribution in [2.24, 2.45) is 0 Å². The summed E-state index contributed by atoms with van der Waals surface area (Å²) in [6.45, 7) is 2.44. The van der Waals surface area contributed by atoms with E-state index in [-0.39, 0.29) is 12.5 Å². The quantitative estimate of drug-likeness (QED) is 0.885. The molecule has 0 saturated heterocycles. The molecular formula is C17H17NO2S. The number of aliphatic hydroxyl groups is 1. The molecule has 2 aromatic rings. The number of hydrogen-bond donors (Lipinski definition) is 1. The number of thiophene rings is 1. The third-order valence-corrected chi connectivity index (χ3v) is 3.87. The summed E-state index contributed by atoms with van der Waals surface area (Å²) in [5.41, 5.74) is 2.95. The van der Waals surface area contributed by atoms with Crippen LogP contribution in [0, 0.1) is 18.8 Å². The molecule has 0 radical (unpaired) electrons. The summed E-state index contributed by atoms with van der Waals surface area (Å²) in [5, 5.41) is 10.5. The molecule has 21 heavy (non-hydrogen) atoms. The minimum atomic E-state index is -0.172. The van der Waals surface area contributed by atoms with Crippen molar-refractivity contribution in [3.05, 3.63) is 57.3 Å². The lowest BCUT2D eigenvalue weighted by molar-refractivity contribution is 0.0785. The number of carbonyl (C=O) groups is 1. The van der Waals surface area contributed by atoms with Gasteiger partial charge in [0.15, 0.2) is 0 Å². The second-order valence-corrected chi connectivity index (χ2v) is 5.72. The molecule has 0 aliphatic carbocycles. The monoisotopic (exact) mass is 299 g/mol. The van der Waals surface area contributed by atoms with Crippen LogP contribution in [0.15, 0.2) is 35.7 Å². The second-order valence-electron chi connectivity index (χ2n) is 4.81. The molecule has 3 nitrogen and oxygen atoms in total. The fraction of sp³-hybridized carbons (Fsp3) is 0.235. The smallest absolute Gasteiger partial charge is 0.254 e. The molecule has 1 aromatic carbocycles. The maximum absolute atomic E-state index is 12.3. The Bertz CT molecular complexity index is 677. The Hall–Kier alpha value is -2.09. The van der Waals surface area contributed by atoms with Crippen LogP contribution < -0.4 is 0 Å². The molecule has 0 atom stereocenters. The van der Waals surface area contributed by atoms with E-state index in [2.05, 4.69) is 11.8 Å². The van der Waals surface area contributed by atoms with E-state index in [4.69, 9.17) is 5.11 Å². The molecule has 0 aliphatic heterocycles. The van der Waals surface area contributed by atoms with Gasteiger partial charge in [0.2, 0.25) is 0 Å². The van der Waals surface area contributed by atoms with Gasteiger partial charge >= 0.3 is 0 Å². The van der Waals surface area contributed by atoms with Crippen LogP contribution in [0.25, 0.3) is 0 Å². The molecular weight excluding hydrogens is 282 g/mol. The molecule has 0 saturated carbocycles. The first-order valence-electron chi connectivity index (χ1n) is 6.59. The number of benzene rings is 1. The summed E-state index contributed by atoms with van der Waals surface area (Å²) in [7, 11) is 1.79. The molecule has 2 rings (SSSR count). The second kappa shape index (κ2) is 7.07. The van der Waals surface area contributed by atoms with Crippen molar-refractivity contribution in [3.8, 4) is 11.8 Å². The van der Waals surface area contributed by atoms with E-state index in [0.717, 1.165) is 10.4 Å². The highest BCUT2D eigenvalue weighted by atomic mass is 32.1. The number of aryl methyl sites for hydroxylation is 1. The van der Waals surface area contributed by atoms with E-state index in [0.29, 0.717) is 12.1 Å². The van der Waals surface area contributed by atoms with Crippen LogP contribution in [-0.2, 0) is 6.54 Å². The lowest BCUT2D eigenvalue weighted by atomic mass is 10.1. The van der Waals surface area contributed by atoms with Crippen LogP contribution in [0.2, 0.25) is 0 Å². The Labute approximate surface area is 128 Å². The van der Waals surface area contributed by atoms with E-state index in [9.17, 15) is 4.79 Å². The van der Waals surface area contributed by atoms with Crippen molar-refractivity contribution in [2.45, 2.75) is 13.5 Å². The summed E-state index contributed by atoms with van der Waals surface area (Å²) in [4.78, 5) is 14.8. The van der Waals surface area contributed by atoms with Gasteiger partial charge in [-0.2, -0.15) is 0 Å². The molecule has 0 fully saturated rings. The number of hydrogen-bond acceptors (Lipinski definition) is 3. The van der Waals surface area contributed by atoms with E-state index >= 15 is 0 Å². The molecule has 1 N–H and O–H groups in total. The minimum absolute atomic E-state index is 0.0242.